The van der Waals surface area contributed by atoms with Crippen LogP contribution in [-0.2, 0) is 4.74 Å². The van der Waals surface area contributed by atoms with Crippen LogP contribution < -0.4 is 14.8 Å². The summed E-state index contributed by atoms with van der Waals surface area (Å²) >= 11 is 1.41. The second-order valence-electron chi connectivity index (χ2n) is 8.05. The molecule has 0 atom stereocenters. The second kappa shape index (κ2) is 11.0. The van der Waals surface area contributed by atoms with E-state index >= 15 is 0 Å². The Morgan fingerprint density at radius 3 is 2.75 bits per heavy atom. The van der Waals surface area contributed by atoms with E-state index in [2.05, 4.69) is 22.1 Å². The van der Waals surface area contributed by atoms with Crippen LogP contribution in [0.15, 0.2) is 23.6 Å². The molecule has 2 aromatic rings. The Kier molecular flexibility index (Phi) is 7.83. The number of rotatable bonds is 7. The summed E-state index contributed by atoms with van der Waals surface area (Å²) in [6.45, 7) is 7.69. The molecule has 0 radical (unpaired) electrons. The van der Waals surface area contributed by atoms with Gasteiger partial charge in [0.1, 0.15) is 11.5 Å². The molecule has 3 heterocycles. The van der Waals surface area contributed by atoms with Crippen LogP contribution in [-0.4, -0.2) is 80.0 Å². The van der Waals surface area contributed by atoms with E-state index in [0.29, 0.717) is 17.8 Å². The summed E-state index contributed by atoms with van der Waals surface area (Å²) in [5.41, 5.74) is 1.61. The predicted molar refractivity (Wildman–Crippen MR) is 126 cm³/mol. The van der Waals surface area contributed by atoms with Crippen LogP contribution in [0.25, 0.3) is 11.3 Å². The van der Waals surface area contributed by atoms with E-state index in [1.807, 2.05) is 28.5 Å². The zero-order valence-corrected chi connectivity index (χ0v) is 19.7. The number of carbonyl (C=O) groups is 1. The van der Waals surface area contributed by atoms with Crippen molar-refractivity contribution in [1.82, 2.24) is 14.8 Å². The molecule has 0 saturated carbocycles. The first-order valence-electron chi connectivity index (χ1n) is 11.3. The van der Waals surface area contributed by atoms with Crippen LogP contribution in [0.5, 0.6) is 11.5 Å². The molecule has 2 amide bonds. The fraction of sp³-hybridized carbons (Fsp3) is 0.565. The van der Waals surface area contributed by atoms with Crippen molar-refractivity contribution < 1.29 is 19.0 Å². The number of amides is 2. The molecule has 0 unspecified atom stereocenters. The summed E-state index contributed by atoms with van der Waals surface area (Å²) in [6.07, 6.45) is 3.11. The Hall–Kier alpha value is -2.36. The minimum atomic E-state index is -0.0930. The first-order chi connectivity index (χ1) is 15.7. The number of urea groups is 1. The van der Waals surface area contributed by atoms with Crippen molar-refractivity contribution in [2.75, 3.05) is 58.4 Å². The summed E-state index contributed by atoms with van der Waals surface area (Å²) in [7, 11) is 1.64. The smallest absolute Gasteiger partial charge is 0.323 e. The SMILES string of the molecule is CCCOc1ccc(OC)c(-c2csc(NC(=O)N3CCN(C4CCOCC4)CC3)n2)c1. The highest BCUT2D eigenvalue weighted by molar-refractivity contribution is 7.14. The molecule has 1 aromatic heterocycles. The molecule has 0 bridgehead atoms. The van der Waals surface area contributed by atoms with Crippen LogP contribution >= 0.6 is 11.3 Å². The Bertz CT molecular complexity index is 892. The minimum absolute atomic E-state index is 0.0930. The number of piperazine rings is 1. The van der Waals surface area contributed by atoms with Crippen molar-refractivity contribution in [2.24, 2.45) is 0 Å². The van der Waals surface area contributed by atoms with E-state index in [4.69, 9.17) is 14.2 Å². The van der Waals surface area contributed by atoms with Crippen molar-refractivity contribution in [2.45, 2.75) is 32.2 Å². The number of methoxy groups -OCH3 is 1. The van der Waals surface area contributed by atoms with Gasteiger partial charge in [0.05, 0.1) is 19.4 Å². The maximum atomic E-state index is 12.8. The molecular formula is C23H32N4O4S. The molecule has 32 heavy (non-hydrogen) atoms. The number of anilines is 1. The zero-order chi connectivity index (χ0) is 22.3. The molecule has 1 N–H and O–H groups in total. The van der Waals surface area contributed by atoms with Gasteiger partial charge in [-0.1, -0.05) is 6.92 Å². The summed E-state index contributed by atoms with van der Waals surface area (Å²) in [5.74, 6) is 1.50. The maximum Gasteiger partial charge on any atom is 0.323 e. The average Bonchev–Trinajstić information content (AvgIpc) is 3.31. The molecule has 0 aliphatic carbocycles. The fourth-order valence-electron chi connectivity index (χ4n) is 4.16. The number of carbonyl (C=O) groups excluding carboxylic acids is 1. The number of nitrogens with one attached hydrogen (secondary N) is 1. The lowest BCUT2D eigenvalue weighted by Gasteiger charge is -2.40. The Labute approximate surface area is 193 Å². The molecule has 1 aromatic carbocycles. The predicted octanol–water partition coefficient (Wildman–Crippen LogP) is 3.94. The molecule has 2 saturated heterocycles. The van der Waals surface area contributed by atoms with Gasteiger partial charge < -0.3 is 19.1 Å². The third-order valence-corrected chi connectivity index (χ3v) is 6.70. The molecule has 2 fully saturated rings. The summed E-state index contributed by atoms with van der Waals surface area (Å²) < 4.78 is 16.7. The lowest BCUT2D eigenvalue weighted by molar-refractivity contribution is 0.0194. The fourth-order valence-corrected chi connectivity index (χ4v) is 4.86. The number of nitrogens with zero attached hydrogens (tertiary/aromatic N) is 3. The van der Waals surface area contributed by atoms with Crippen molar-refractivity contribution in [3.05, 3.63) is 23.6 Å². The van der Waals surface area contributed by atoms with Gasteiger partial charge in [-0.3, -0.25) is 10.2 Å². The lowest BCUT2D eigenvalue weighted by atomic mass is 10.1. The quantitative estimate of drug-likeness (QED) is 0.675. The number of ether oxygens (including phenoxy) is 3. The van der Waals surface area contributed by atoms with Crippen LogP contribution in [0.1, 0.15) is 26.2 Å². The molecule has 174 valence electrons. The van der Waals surface area contributed by atoms with E-state index < -0.39 is 0 Å². The van der Waals surface area contributed by atoms with Crippen molar-refractivity contribution >= 4 is 22.5 Å². The summed E-state index contributed by atoms with van der Waals surface area (Å²) in [5, 5.41) is 5.48. The van der Waals surface area contributed by atoms with Gasteiger partial charge in [0, 0.05) is 56.4 Å². The van der Waals surface area contributed by atoms with E-state index in [0.717, 1.165) is 81.4 Å². The molecule has 2 aliphatic heterocycles. The third-order valence-electron chi connectivity index (χ3n) is 5.95. The maximum absolute atomic E-state index is 12.8. The van der Waals surface area contributed by atoms with Crippen molar-refractivity contribution in [1.29, 1.82) is 0 Å². The molecule has 0 spiro atoms. The largest absolute Gasteiger partial charge is 0.496 e. The summed E-state index contributed by atoms with van der Waals surface area (Å²) in [4.78, 5) is 21.8. The average molecular weight is 461 g/mol. The normalized spacial score (nSPS) is 17.9. The number of hydrogen-bond donors (Lipinski definition) is 1. The first kappa shape index (κ1) is 22.8. The Balaban J connectivity index is 1.35. The minimum Gasteiger partial charge on any atom is -0.496 e. The number of aromatic nitrogens is 1. The van der Waals surface area contributed by atoms with Gasteiger partial charge in [0.2, 0.25) is 0 Å². The van der Waals surface area contributed by atoms with E-state index in [1.165, 1.54) is 11.3 Å². The monoisotopic (exact) mass is 460 g/mol. The molecule has 4 rings (SSSR count). The van der Waals surface area contributed by atoms with Gasteiger partial charge in [0.15, 0.2) is 5.13 Å². The topological polar surface area (TPSA) is 76.2 Å². The molecular weight excluding hydrogens is 428 g/mol. The highest BCUT2D eigenvalue weighted by Gasteiger charge is 2.27. The molecule has 8 nitrogen and oxygen atoms in total. The Morgan fingerprint density at radius 2 is 2.03 bits per heavy atom. The zero-order valence-electron chi connectivity index (χ0n) is 18.8. The van der Waals surface area contributed by atoms with Gasteiger partial charge in [-0.2, -0.15) is 0 Å². The van der Waals surface area contributed by atoms with Gasteiger partial charge in [-0.05, 0) is 37.5 Å². The van der Waals surface area contributed by atoms with Crippen LogP contribution in [0.2, 0.25) is 0 Å². The van der Waals surface area contributed by atoms with Gasteiger partial charge >= 0.3 is 6.03 Å². The standard InChI is InChI=1S/C23H32N4O4S/c1-3-12-31-18-4-5-21(29-2)19(15-18)20-16-32-22(24-20)25-23(28)27-10-8-26(9-11-27)17-6-13-30-14-7-17/h4-5,15-17H,3,6-14H2,1-2H3,(H,24,25,28). The van der Waals surface area contributed by atoms with Crippen LogP contribution in [0.3, 0.4) is 0 Å². The van der Waals surface area contributed by atoms with Gasteiger partial charge in [-0.25, -0.2) is 9.78 Å². The van der Waals surface area contributed by atoms with E-state index in [1.54, 1.807) is 7.11 Å². The Morgan fingerprint density at radius 1 is 1.25 bits per heavy atom. The van der Waals surface area contributed by atoms with E-state index in [-0.39, 0.29) is 6.03 Å². The third kappa shape index (κ3) is 5.51. The lowest BCUT2D eigenvalue weighted by Crippen LogP contribution is -2.53. The van der Waals surface area contributed by atoms with Crippen molar-refractivity contribution in [3.63, 3.8) is 0 Å². The van der Waals surface area contributed by atoms with E-state index in [9.17, 15) is 4.79 Å². The number of thiazole rings is 1. The van der Waals surface area contributed by atoms with Crippen LogP contribution in [0.4, 0.5) is 9.93 Å². The number of hydrogen-bond acceptors (Lipinski definition) is 7. The number of benzene rings is 1. The van der Waals surface area contributed by atoms with Crippen LogP contribution in [0, 0.1) is 0 Å². The van der Waals surface area contributed by atoms with Crippen molar-refractivity contribution in [3.8, 4) is 22.8 Å². The molecule has 9 heteroatoms. The van der Waals surface area contributed by atoms with Gasteiger partial charge in [-0.15, -0.1) is 11.3 Å². The first-order valence-corrected chi connectivity index (χ1v) is 12.2. The highest BCUT2D eigenvalue weighted by atomic mass is 32.1. The summed E-state index contributed by atoms with van der Waals surface area (Å²) in [6, 6.07) is 6.21. The second-order valence-corrected chi connectivity index (χ2v) is 8.90. The van der Waals surface area contributed by atoms with Gasteiger partial charge in [0.25, 0.3) is 0 Å². The highest BCUT2D eigenvalue weighted by Crippen LogP contribution is 2.35. The molecule has 2 aliphatic rings.